The third kappa shape index (κ3) is 3.41. The predicted molar refractivity (Wildman–Crippen MR) is 109 cm³/mol. The Hall–Kier alpha value is -3.10. The summed E-state index contributed by atoms with van der Waals surface area (Å²) >= 11 is 0. The van der Waals surface area contributed by atoms with Crippen LogP contribution in [0.4, 0.5) is 8.78 Å². The normalized spacial score (nSPS) is 19.2. The molecule has 0 bridgehead atoms. The van der Waals surface area contributed by atoms with E-state index in [0.29, 0.717) is 19.8 Å². The molecule has 31 heavy (non-hydrogen) atoms. The van der Waals surface area contributed by atoms with Crippen molar-refractivity contribution in [3.05, 3.63) is 81.2 Å². The summed E-state index contributed by atoms with van der Waals surface area (Å²) in [5, 5.41) is 0.0305. The highest BCUT2D eigenvalue weighted by molar-refractivity contribution is 5.99. The Bertz CT molecular complexity index is 1220. The average molecular weight is 426 g/mol. The van der Waals surface area contributed by atoms with Crippen molar-refractivity contribution in [2.75, 3.05) is 39.4 Å². The van der Waals surface area contributed by atoms with Gasteiger partial charge in [0.15, 0.2) is 5.43 Å². The van der Waals surface area contributed by atoms with Crippen LogP contribution in [0, 0.1) is 11.6 Å². The predicted octanol–water partition coefficient (Wildman–Crippen LogP) is 2.95. The summed E-state index contributed by atoms with van der Waals surface area (Å²) < 4.78 is 39.7. The molecule has 5 rings (SSSR count). The molecule has 1 atom stereocenters. The summed E-state index contributed by atoms with van der Waals surface area (Å²) in [5.74, 6) is -1.70. The molecule has 2 aromatic carbocycles. The Kier molecular flexibility index (Phi) is 5.03. The van der Waals surface area contributed by atoms with Crippen LogP contribution in [0.25, 0.3) is 11.0 Å². The molecule has 3 heterocycles. The molecule has 0 N–H and O–H groups in total. The highest BCUT2D eigenvalue weighted by atomic mass is 19.1. The molecule has 2 aliphatic heterocycles. The third-order valence-corrected chi connectivity index (χ3v) is 5.89. The summed E-state index contributed by atoms with van der Waals surface area (Å²) in [4.78, 5) is 30.2. The molecular formula is C23H20F2N2O4. The third-order valence-electron chi connectivity index (χ3n) is 5.89. The van der Waals surface area contributed by atoms with Gasteiger partial charge in [-0.15, -0.1) is 0 Å². The molecule has 0 aliphatic carbocycles. The lowest BCUT2D eigenvalue weighted by Gasteiger charge is -2.31. The van der Waals surface area contributed by atoms with Gasteiger partial charge in [0.05, 0.1) is 30.2 Å². The second-order valence-electron chi connectivity index (χ2n) is 7.69. The number of hydrogen-bond donors (Lipinski definition) is 0. The first kappa shape index (κ1) is 19.8. The molecule has 2 aliphatic rings. The van der Waals surface area contributed by atoms with Crippen molar-refractivity contribution in [3.8, 4) is 0 Å². The van der Waals surface area contributed by atoms with Crippen LogP contribution in [0.5, 0.6) is 0 Å². The van der Waals surface area contributed by atoms with E-state index in [-0.39, 0.29) is 34.4 Å². The van der Waals surface area contributed by atoms with Gasteiger partial charge in [-0.3, -0.25) is 14.5 Å². The van der Waals surface area contributed by atoms with E-state index in [1.165, 1.54) is 23.1 Å². The van der Waals surface area contributed by atoms with Gasteiger partial charge in [0.2, 0.25) is 5.76 Å². The Morgan fingerprint density at radius 1 is 1.00 bits per heavy atom. The zero-order valence-corrected chi connectivity index (χ0v) is 16.6. The van der Waals surface area contributed by atoms with Crippen molar-refractivity contribution in [2.45, 2.75) is 6.04 Å². The minimum absolute atomic E-state index is 0.0305. The maximum atomic E-state index is 14.8. The smallest absolute Gasteiger partial charge is 0.290 e. The summed E-state index contributed by atoms with van der Waals surface area (Å²) in [6.45, 7) is 3.53. The molecule has 8 heteroatoms. The van der Waals surface area contributed by atoms with Crippen molar-refractivity contribution in [1.29, 1.82) is 0 Å². The summed E-state index contributed by atoms with van der Waals surface area (Å²) in [5.41, 5.74) is -0.137. The van der Waals surface area contributed by atoms with E-state index in [2.05, 4.69) is 4.90 Å². The SMILES string of the molecule is O=C1c2oc3ccc(F)cc3c(=O)c2C(c2ccccc2F)N1CCN1CCOCC1. The fourth-order valence-electron chi connectivity index (χ4n) is 4.32. The topological polar surface area (TPSA) is 63.0 Å². The molecule has 1 fully saturated rings. The maximum absolute atomic E-state index is 14.8. The van der Waals surface area contributed by atoms with E-state index >= 15 is 0 Å². The lowest BCUT2D eigenvalue weighted by molar-refractivity contribution is 0.0314. The van der Waals surface area contributed by atoms with Crippen LogP contribution in [0.3, 0.4) is 0 Å². The van der Waals surface area contributed by atoms with E-state index in [9.17, 15) is 18.4 Å². The van der Waals surface area contributed by atoms with Crippen molar-refractivity contribution in [1.82, 2.24) is 9.80 Å². The van der Waals surface area contributed by atoms with E-state index in [0.717, 1.165) is 19.2 Å². The van der Waals surface area contributed by atoms with Gasteiger partial charge in [-0.2, -0.15) is 0 Å². The zero-order valence-electron chi connectivity index (χ0n) is 16.6. The molecule has 3 aromatic rings. The monoisotopic (exact) mass is 426 g/mol. The van der Waals surface area contributed by atoms with Crippen molar-refractivity contribution in [2.24, 2.45) is 0 Å². The lowest BCUT2D eigenvalue weighted by atomic mass is 9.98. The van der Waals surface area contributed by atoms with Crippen LogP contribution in [0.2, 0.25) is 0 Å². The van der Waals surface area contributed by atoms with Gasteiger partial charge in [-0.25, -0.2) is 8.78 Å². The Labute approximate surface area is 176 Å². The van der Waals surface area contributed by atoms with Gasteiger partial charge >= 0.3 is 0 Å². The Morgan fingerprint density at radius 3 is 2.55 bits per heavy atom. The number of carbonyl (C=O) groups excluding carboxylic acids is 1. The van der Waals surface area contributed by atoms with E-state index < -0.39 is 29.0 Å². The number of fused-ring (bicyclic) bond motifs is 2. The molecule has 160 valence electrons. The minimum atomic E-state index is -0.936. The summed E-state index contributed by atoms with van der Waals surface area (Å²) in [6.07, 6.45) is 0. The number of morpholine rings is 1. The second kappa shape index (κ2) is 7.86. The number of rotatable bonds is 4. The summed E-state index contributed by atoms with van der Waals surface area (Å²) in [6, 6.07) is 8.69. The number of nitrogens with zero attached hydrogens (tertiary/aromatic N) is 2. The van der Waals surface area contributed by atoms with Gasteiger partial charge in [-0.05, 0) is 24.3 Å². The van der Waals surface area contributed by atoms with Crippen LogP contribution >= 0.6 is 0 Å². The largest absolute Gasteiger partial charge is 0.450 e. The molecule has 1 aromatic heterocycles. The van der Waals surface area contributed by atoms with Gasteiger partial charge in [-0.1, -0.05) is 18.2 Å². The molecular weight excluding hydrogens is 406 g/mol. The summed E-state index contributed by atoms with van der Waals surface area (Å²) in [7, 11) is 0. The van der Waals surface area contributed by atoms with Crippen LogP contribution in [0.15, 0.2) is 51.7 Å². The highest BCUT2D eigenvalue weighted by Gasteiger charge is 2.43. The van der Waals surface area contributed by atoms with Gasteiger partial charge < -0.3 is 14.1 Å². The van der Waals surface area contributed by atoms with Crippen molar-refractivity contribution < 1.29 is 22.7 Å². The number of amides is 1. The number of hydrogen-bond acceptors (Lipinski definition) is 5. The highest BCUT2D eigenvalue weighted by Crippen LogP contribution is 2.38. The molecule has 6 nitrogen and oxygen atoms in total. The van der Waals surface area contributed by atoms with E-state index in [4.69, 9.17) is 9.15 Å². The zero-order chi connectivity index (χ0) is 21.5. The molecule has 0 saturated carbocycles. The van der Waals surface area contributed by atoms with Crippen LogP contribution in [0.1, 0.15) is 27.7 Å². The fourth-order valence-corrected chi connectivity index (χ4v) is 4.32. The Morgan fingerprint density at radius 2 is 1.77 bits per heavy atom. The molecule has 0 spiro atoms. The van der Waals surface area contributed by atoms with Crippen molar-refractivity contribution in [3.63, 3.8) is 0 Å². The standard InChI is InChI=1S/C23H20F2N2O4/c24-14-5-6-18-16(13-14)21(28)19-20(15-3-1-2-4-17(15)25)27(23(29)22(19)31-18)8-7-26-9-11-30-12-10-26/h1-6,13,20H,7-12H2. The maximum Gasteiger partial charge on any atom is 0.290 e. The van der Waals surface area contributed by atoms with Gasteiger partial charge in [0.25, 0.3) is 5.91 Å². The molecule has 0 radical (unpaired) electrons. The lowest BCUT2D eigenvalue weighted by Crippen LogP contribution is -2.42. The van der Waals surface area contributed by atoms with Crippen LogP contribution in [-0.4, -0.2) is 55.1 Å². The van der Waals surface area contributed by atoms with Crippen LogP contribution < -0.4 is 5.43 Å². The van der Waals surface area contributed by atoms with Gasteiger partial charge in [0, 0.05) is 31.7 Å². The number of ether oxygens (including phenoxy) is 1. The van der Waals surface area contributed by atoms with E-state index in [1.54, 1.807) is 18.2 Å². The fraction of sp³-hybridized carbons (Fsp3) is 0.304. The first-order valence-corrected chi connectivity index (χ1v) is 10.2. The average Bonchev–Trinajstić information content (AvgIpc) is 3.06. The molecule has 1 saturated heterocycles. The molecule has 1 amide bonds. The minimum Gasteiger partial charge on any atom is -0.450 e. The quantitative estimate of drug-likeness (QED) is 0.642. The first-order valence-electron chi connectivity index (χ1n) is 10.2. The van der Waals surface area contributed by atoms with Crippen LogP contribution in [-0.2, 0) is 4.74 Å². The number of benzene rings is 2. The van der Waals surface area contributed by atoms with Gasteiger partial charge in [0.1, 0.15) is 17.2 Å². The first-order chi connectivity index (χ1) is 15.0. The number of halogens is 2. The van der Waals surface area contributed by atoms with Crippen molar-refractivity contribution >= 4 is 16.9 Å². The van der Waals surface area contributed by atoms with E-state index in [1.807, 2.05) is 0 Å². The Balaban J connectivity index is 1.63. The number of carbonyl (C=O) groups is 1. The second-order valence-corrected chi connectivity index (χ2v) is 7.69. The molecule has 1 unspecified atom stereocenters.